The Morgan fingerprint density at radius 3 is 2.79 bits per heavy atom. The average molecular weight is 262 g/mol. The summed E-state index contributed by atoms with van der Waals surface area (Å²) in [5, 5.41) is 0. The number of hydrogen-bond donors (Lipinski definition) is 0. The number of ether oxygens (including phenoxy) is 1. The third-order valence-corrected chi connectivity index (χ3v) is 3.61. The van der Waals surface area contributed by atoms with Gasteiger partial charge in [0.2, 0.25) is 0 Å². The molecule has 2 rings (SSSR count). The number of nitrogens with zero attached hydrogens (tertiary/aromatic N) is 2. The summed E-state index contributed by atoms with van der Waals surface area (Å²) in [6.07, 6.45) is 2.57. The molecule has 1 saturated heterocycles. The second-order valence-corrected chi connectivity index (χ2v) is 5.01. The molecule has 1 amide bonds. The molecule has 1 fully saturated rings. The number of likely N-dealkylation sites (tertiary alicyclic amines) is 1. The van der Waals surface area contributed by atoms with E-state index in [1.54, 1.807) is 18.1 Å². The van der Waals surface area contributed by atoms with Crippen molar-refractivity contribution in [2.75, 3.05) is 40.3 Å². The molecule has 0 spiro atoms. The summed E-state index contributed by atoms with van der Waals surface area (Å²) in [5.41, 5.74) is 0.684. The zero-order valence-corrected chi connectivity index (χ0v) is 11.8. The highest BCUT2D eigenvalue weighted by Crippen LogP contribution is 2.14. The first-order valence-corrected chi connectivity index (χ1v) is 6.82. The topological polar surface area (TPSA) is 32.8 Å². The molecule has 19 heavy (non-hydrogen) atoms. The molecule has 0 atom stereocenters. The molecule has 1 heterocycles. The van der Waals surface area contributed by atoms with Gasteiger partial charge in [-0.25, -0.2) is 0 Å². The van der Waals surface area contributed by atoms with Gasteiger partial charge in [0.25, 0.3) is 5.91 Å². The van der Waals surface area contributed by atoms with E-state index in [0.29, 0.717) is 5.56 Å². The summed E-state index contributed by atoms with van der Waals surface area (Å²) in [4.78, 5) is 16.5. The lowest BCUT2D eigenvalue weighted by Crippen LogP contribution is -2.35. The highest BCUT2D eigenvalue weighted by atomic mass is 16.5. The van der Waals surface area contributed by atoms with E-state index in [-0.39, 0.29) is 5.91 Å². The fourth-order valence-electron chi connectivity index (χ4n) is 2.38. The van der Waals surface area contributed by atoms with Crippen LogP contribution in [-0.4, -0.2) is 56.0 Å². The van der Waals surface area contributed by atoms with Gasteiger partial charge in [0.1, 0.15) is 5.75 Å². The first kappa shape index (κ1) is 13.9. The van der Waals surface area contributed by atoms with Crippen LogP contribution in [0.4, 0.5) is 0 Å². The number of carbonyl (C=O) groups is 1. The van der Waals surface area contributed by atoms with Crippen LogP contribution in [0.1, 0.15) is 23.2 Å². The van der Waals surface area contributed by atoms with E-state index in [4.69, 9.17) is 4.74 Å². The number of likely N-dealkylation sites (N-methyl/N-ethyl adjacent to an activating group) is 1. The van der Waals surface area contributed by atoms with Gasteiger partial charge in [0.15, 0.2) is 0 Å². The third kappa shape index (κ3) is 3.70. The maximum atomic E-state index is 12.3. The van der Waals surface area contributed by atoms with Crippen molar-refractivity contribution in [3.05, 3.63) is 29.8 Å². The number of hydrogen-bond acceptors (Lipinski definition) is 3. The minimum Gasteiger partial charge on any atom is -0.497 e. The molecular formula is C15H22N2O2. The highest BCUT2D eigenvalue weighted by molar-refractivity contribution is 5.94. The summed E-state index contributed by atoms with van der Waals surface area (Å²) in [6.45, 7) is 4.07. The van der Waals surface area contributed by atoms with Crippen LogP contribution in [0, 0.1) is 0 Å². The van der Waals surface area contributed by atoms with Crippen LogP contribution < -0.4 is 4.74 Å². The smallest absolute Gasteiger partial charge is 0.253 e. The monoisotopic (exact) mass is 262 g/mol. The molecule has 0 saturated carbocycles. The van der Waals surface area contributed by atoms with Crippen LogP contribution in [0.5, 0.6) is 5.75 Å². The fraction of sp³-hybridized carbons (Fsp3) is 0.533. The van der Waals surface area contributed by atoms with E-state index >= 15 is 0 Å². The molecule has 0 aliphatic carbocycles. The largest absolute Gasteiger partial charge is 0.497 e. The number of carbonyl (C=O) groups excluding carboxylic acids is 1. The Hall–Kier alpha value is -1.55. The van der Waals surface area contributed by atoms with Gasteiger partial charge < -0.3 is 14.5 Å². The van der Waals surface area contributed by atoms with Crippen molar-refractivity contribution in [2.45, 2.75) is 12.8 Å². The summed E-state index contributed by atoms with van der Waals surface area (Å²) in [7, 11) is 3.47. The van der Waals surface area contributed by atoms with E-state index in [0.717, 1.165) is 18.8 Å². The van der Waals surface area contributed by atoms with Crippen molar-refractivity contribution in [3.8, 4) is 5.75 Å². The Morgan fingerprint density at radius 2 is 2.11 bits per heavy atom. The van der Waals surface area contributed by atoms with Crippen LogP contribution >= 0.6 is 0 Å². The predicted molar refractivity (Wildman–Crippen MR) is 75.6 cm³/mol. The van der Waals surface area contributed by atoms with Gasteiger partial charge in [0, 0.05) is 25.7 Å². The SMILES string of the molecule is COc1cccc(C(=O)N(C)CCN2CCCC2)c1. The summed E-state index contributed by atoms with van der Waals surface area (Å²) < 4.78 is 5.15. The molecule has 1 aromatic carbocycles. The molecule has 4 nitrogen and oxygen atoms in total. The molecule has 0 aromatic heterocycles. The normalized spacial score (nSPS) is 15.5. The van der Waals surface area contributed by atoms with Crippen molar-refractivity contribution >= 4 is 5.91 Å². The maximum Gasteiger partial charge on any atom is 0.253 e. The first-order valence-electron chi connectivity index (χ1n) is 6.82. The molecule has 1 aliphatic heterocycles. The van der Waals surface area contributed by atoms with Gasteiger partial charge in [-0.3, -0.25) is 4.79 Å². The van der Waals surface area contributed by atoms with Crippen LogP contribution in [-0.2, 0) is 0 Å². The maximum absolute atomic E-state index is 12.3. The molecule has 0 unspecified atom stereocenters. The Labute approximate surface area is 115 Å². The van der Waals surface area contributed by atoms with Crippen LogP contribution in [0.2, 0.25) is 0 Å². The van der Waals surface area contributed by atoms with Crippen molar-refractivity contribution in [3.63, 3.8) is 0 Å². The van der Waals surface area contributed by atoms with Gasteiger partial charge in [-0.15, -0.1) is 0 Å². The van der Waals surface area contributed by atoms with E-state index in [1.165, 1.54) is 25.9 Å². The highest BCUT2D eigenvalue weighted by Gasteiger charge is 2.15. The molecule has 0 radical (unpaired) electrons. The second-order valence-electron chi connectivity index (χ2n) is 5.01. The Bertz CT molecular complexity index is 428. The molecule has 0 bridgehead atoms. The lowest BCUT2D eigenvalue weighted by atomic mass is 10.2. The van der Waals surface area contributed by atoms with Crippen molar-refractivity contribution < 1.29 is 9.53 Å². The van der Waals surface area contributed by atoms with Crippen molar-refractivity contribution in [1.29, 1.82) is 0 Å². The minimum absolute atomic E-state index is 0.0538. The molecular weight excluding hydrogens is 240 g/mol. The van der Waals surface area contributed by atoms with Crippen LogP contribution in [0.15, 0.2) is 24.3 Å². The standard InChI is InChI=1S/C15H22N2O2/c1-16(10-11-17-8-3-4-9-17)15(18)13-6-5-7-14(12-13)19-2/h5-7,12H,3-4,8-11H2,1-2H3. The predicted octanol–water partition coefficient (Wildman–Crippen LogP) is 1.86. The van der Waals surface area contributed by atoms with E-state index in [9.17, 15) is 4.79 Å². The van der Waals surface area contributed by atoms with E-state index in [2.05, 4.69) is 4.90 Å². The molecule has 104 valence electrons. The molecule has 1 aromatic rings. The summed E-state index contributed by atoms with van der Waals surface area (Å²) >= 11 is 0. The zero-order valence-electron chi connectivity index (χ0n) is 11.8. The van der Waals surface area contributed by atoms with E-state index in [1.807, 2.05) is 25.2 Å². The number of rotatable bonds is 5. The Morgan fingerprint density at radius 1 is 1.37 bits per heavy atom. The quantitative estimate of drug-likeness (QED) is 0.812. The molecule has 4 heteroatoms. The number of methoxy groups -OCH3 is 1. The van der Waals surface area contributed by atoms with Crippen molar-refractivity contribution in [1.82, 2.24) is 9.80 Å². The van der Waals surface area contributed by atoms with Gasteiger partial charge in [-0.1, -0.05) is 6.07 Å². The Kier molecular flexibility index (Phi) is 4.80. The molecule has 1 aliphatic rings. The Balaban J connectivity index is 1.90. The van der Waals surface area contributed by atoms with Gasteiger partial charge in [0.05, 0.1) is 7.11 Å². The molecule has 0 N–H and O–H groups in total. The van der Waals surface area contributed by atoms with Crippen molar-refractivity contribution in [2.24, 2.45) is 0 Å². The summed E-state index contributed by atoms with van der Waals surface area (Å²) in [5.74, 6) is 0.775. The van der Waals surface area contributed by atoms with Gasteiger partial charge in [-0.2, -0.15) is 0 Å². The number of amides is 1. The van der Waals surface area contributed by atoms with Crippen LogP contribution in [0.3, 0.4) is 0 Å². The minimum atomic E-state index is 0.0538. The third-order valence-electron chi connectivity index (χ3n) is 3.61. The van der Waals surface area contributed by atoms with Gasteiger partial charge in [-0.05, 0) is 44.1 Å². The second kappa shape index (κ2) is 6.57. The van der Waals surface area contributed by atoms with Gasteiger partial charge >= 0.3 is 0 Å². The first-order chi connectivity index (χ1) is 9.20. The lowest BCUT2D eigenvalue weighted by Gasteiger charge is -2.21. The van der Waals surface area contributed by atoms with E-state index < -0.39 is 0 Å². The van der Waals surface area contributed by atoms with Crippen LogP contribution in [0.25, 0.3) is 0 Å². The fourth-order valence-corrected chi connectivity index (χ4v) is 2.38. The lowest BCUT2D eigenvalue weighted by molar-refractivity contribution is 0.0782. The number of benzene rings is 1. The summed E-state index contributed by atoms with van der Waals surface area (Å²) in [6, 6.07) is 7.31. The average Bonchev–Trinajstić information content (AvgIpc) is 2.97. The zero-order chi connectivity index (χ0) is 13.7.